The Labute approximate surface area is 70.9 Å². The van der Waals surface area contributed by atoms with Crippen LogP contribution in [0.15, 0.2) is 0 Å². The summed E-state index contributed by atoms with van der Waals surface area (Å²) in [6.45, 7) is 2.08. The largest absolute Gasteiger partial charge is 0.480 e. The maximum atomic E-state index is 10.4. The molecule has 0 spiro atoms. The molecule has 0 fully saturated rings. The van der Waals surface area contributed by atoms with Crippen LogP contribution in [0.1, 0.15) is 19.8 Å². The van der Waals surface area contributed by atoms with Gasteiger partial charge in [-0.2, -0.15) is 0 Å². The van der Waals surface area contributed by atoms with Crippen LogP contribution in [0, 0.1) is 0 Å². The normalized spacial score (nSPS) is 12.4. The lowest BCUT2D eigenvalue weighted by atomic mass is 10.2. The molecule has 0 aliphatic rings. The molecule has 0 bridgehead atoms. The number of hydrogen-bond donors (Lipinski definition) is 3. The van der Waals surface area contributed by atoms with Gasteiger partial charge in [0.05, 0.1) is 0 Å². The summed E-state index contributed by atoms with van der Waals surface area (Å²) in [5.74, 6) is -1.33. The molecule has 0 aliphatic heterocycles. The molecule has 0 aromatic rings. The standard InChI is InChI=1S/C7H14N2O3/c1-2-5(7(11)12)9-4-3-6(8)10/h5,9H,2-4H2,1H3,(H2,8,10)(H,11,12). The van der Waals surface area contributed by atoms with Gasteiger partial charge in [-0.05, 0) is 6.42 Å². The molecule has 0 aromatic carbocycles. The van der Waals surface area contributed by atoms with Crippen molar-refractivity contribution in [2.24, 2.45) is 5.73 Å². The molecule has 1 amide bonds. The minimum Gasteiger partial charge on any atom is -0.480 e. The van der Waals surface area contributed by atoms with Gasteiger partial charge < -0.3 is 16.2 Å². The van der Waals surface area contributed by atoms with Gasteiger partial charge in [-0.25, -0.2) is 0 Å². The summed E-state index contributed by atoms with van der Waals surface area (Å²) in [4.78, 5) is 20.7. The summed E-state index contributed by atoms with van der Waals surface area (Å²) in [6, 6.07) is -0.579. The van der Waals surface area contributed by atoms with Crippen LogP contribution in [0.2, 0.25) is 0 Å². The number of carboxylic acids is 1. The van der Waals surface area contributed by atoms with Gasteiger partial charge >= 0.3 is 5.97 Å². The number of nitrogens with two attached hydrogens (primary N) is 1. The fraction of sp³-hybridized carbons (Fsp3) is 0.714. The van der Waals surface area contributed by atoms with Crippen LogP contribution in [0.25, 0.3) is 0 Å². The van der Waals surface area contributed by atoms with Crippen LogP contribution < -0.4 is 11.1 Å². The molecule has 5 nitrogen and oxygen atoms in total. The van der Waals surface area contributed by atoms with Gasteiger partial charge in [-0.1, -0.05) is 6.92 Å². The van der Waals surface area contributed by atoms with Crippen LogP contribution in [0.5, 0.6) is 0 Å². The van der Waals surface area contributed by atoms with Crippen molar-refractivity contribution in [2.45, 2.75) is 25.8 Å². The quantitative estimate of drug-likeness (QED) is 0.497. The molecule has 5 heteroatoms. The summed E-state index contributed by atoms with van der Waals surface area (Å²) < 4.78 is 0. The van der Waals surface area contributed by atoms with Crippen molar-refractivity contribution in [2.75, 3.05) is 6.54 Å². The zero-order chi connectivity index (χ0) is 9.56. The van der Waals surface area contributed by atoms with E-state index < -0.39 is 17.9 Å². The topological polar surface area (TPSA) is 92.4 Å². The molecule has 0 radical (unpaired) electrons. The maximum Gasteiger partial charge on any atom is 0.320 e. The smallest absolute Gasteiger partial charge is 0.320 e. The van der Waals surface area contributed by atoms with Gasteiger partial charge in [0.15, 0.2) is 0 Å². The van der Waals surface area contributed by atoms with Gasteiger partial charge in [0, 0.05) is 13.0 Å². The van der Waals surface area contributed by atoms with Gasteiger partial charge in [-0.15, -0.1) is 0 Å². The third kappa shape index (κ3) is 4.68. The number of rotatable bonds is 6. The lowest BCUT2D eigenvalue weighted by Gasteiger charge is -2.10. The highest BCUT2D eigenvalue weighted by molar-refractivity contribution is 5.75. The molecule has 0 saturated heterocycles. The van der Waals surface area contributed by atoms with Crippen molar-refractivity contribution < 1.29 is 14.7 Å². The summed E-state index contributed by atoms with van der Waals surface area (Å²) in [6.07, 6.45) is 0.665. The minimum atomic E-state index is -0.901. The average Bonchev–Trinajstić information content (AvgIpc) is 1.96. The van der Waals surface area contributed by atoms with Gasteiger partial charge in [0.2, 0.25) is 5.91 Å². The van der Waals surface area contributed by atoms with E-state index in [2.05, 4.69) is 5.32 Å². The number of nitrogens with one attached hydrogen (secondary N) is 1. The summed E-state index contributed by atoms with van der Waals surface area (Å²) in [5, 5.41) is 11.3. The fourth-order valence-corrected chi connectivity index (χ4v) is 0.776. The van der Waals surface area contributed by atoms with E-state index in [4.69, 9.17) is 10.8 Å². The first kappa shape index (κ1) is 10.9. The van der Waals surface area contributed by atoms with Gasteiger partial charge in [-0.3, -0.25) is 9.59 Å². The highest BCUT2D eigenvalue weighted by Crippen LogP contribution is 1.90. The summed E-state index contributed by atoms with van der Waals surface area (Å²) >= 11 is 0. The Morgan fingerprint density at radius 1 is 1.58 bits per heavy atom. The fourth-order valence-electron chi connectivity index (χ4n) is 0.776. The Kier molecular flexibility index (Phi) is 5.03. The van der Waals surface area contributed by atoms with Crippen LogP contribution in [-0.4, -0.2) is 29.6 Å². The Morgan fingerprint density at radius 3 is 2.50 bits per heavy atom. The number of primary amides is 1. The van der Waals surface area contributed by atoms with E-state index in [-0.39, 0.29) is 6.42 Å². The van der Waals surface area contributed by atoms with Crippen LogP contribution in [-0.2, 0) is 9.59 Å². The van der Waals surface area contributed by atoms with Crippen LogP contribution in [0.3, 0.4) is 0 Å². The lowest BCUT2D eigenvalue weighted by Crippen LogP contribution is -2.37. The van der Waals surface area contributed by atoms with Crippen molar-refractivity contribution in [3.05, 3.63) is 0 Å². The molecule has 0 saturated carbocycles. The third-order valence-electron chi connectivity index (χ3n) is 1.47. The molecule has 70 valence electrons. The first-order chi connectivity index (χ1) is 5.57. The van der Waals surface area contributed by atoms with Crippen molar-refractivity contribution in [1.82, 2.24) is 5.32 Å². The van der Waals surface area contributed by atoms with Gasteiger partial charge in [0.25, 0.3) is 0 Å². The maximum absolute atomic E-state index is 10.4. The molecular weight excluding hydrogens is 160 g/mol. The van der Waals surface area contributed by atoms with E-state index in [9.17, 15) is 9.59 Å². The lowest BCUT2D eigenvalue weighted by molar-refractivity contribution is -0.139. The predicted octanol–water partition coefficient (Wildman–Crippen LogP) is -0.685. The van der Waals surface area contributed by atoms with Crippen molar-refractivity contribution in [3.8, 4) is 0 Å². The molecule has 0 heterocycles. The molecule has 0 aromatic heterocycles. The van der Waals surface area contributed by atoms with E-state index in [1.807, 2.05) is 0 Å². The zero-order valence-electron chi connectivity index (χ0n) is 7.04. The molecule has 4 N–H and O–H groups in total. The Balaban J connectivity index is 3.59. The molecule has 0 rings (SSSR count). The highest BCUT2D eigenvalue weighted by atomic mass is 16.4. The number of hydrogen-bond acceptors (Lipinski definition) is 3. The Hall–Kier alpha value is -1.10. The Morgan fingerprint density at radius 2 is 2.17 bits per heavy atom. The number of carboxylic acid groups (broad SMARTS) is 1. The summed E-state index contributed by atoms with van der Waals surface area (Å²) in [7, 11) is 0. The third-order valence-corrected chi connectivity index (χ3v) is 1.47. The molecule has 0 aliphatic carbocycles. The zero-order valence-corrected chi connectivity index (χ0v) is 7.04. The highest BCUT2D eigenvalue weighted by Gasteiger charge is 2.13. The number of carbonyl (C=O) groups excluding carboxylic acids is 1. The molecule has 1 unspecified atom stereocenters. The molecular formula is C7H14N2O3. The van der Waals surface area contributed by atoms with Crippen molar-refractivity contribution in [3.63, 3.8) is 0 Å². The van der Waals surface area contributed by atoms with Crippen molar-refractivity contribution >= 4 is 11.9 Å². The molecule has 12 heavy (non-hydrogen) atoms. The van der Waals surface area contributed by atoms with Gasteiger partial charge in [0.1, 0.15) is 6.04 Å². The second kappa shape index (κ2) is 5.54. The van der Waals surface area contributed by atoms with E-state index in [1.54, 1.807) is 6.92 Å². The van der Waals surface area contributed by atoms with Crippen molar-refractivity contribution in [1.29, 1.82) is 0 Å². The van der Waals surface area contributed by atoms with E-state index in [0.29, 0.717) is 13.0 Å². The number of carbonyl (C=O) groups is 2. The van der Waals surface area contributed by atoms with Crippen LogP contribution >= 0.6 is 0 Å². The second-order valence-corrected chi connectivity index (χ2v) is 2.47. The van der Waals surface area contributed by atoms with E-state index >= 15 is 0 Å². The second-order valence-electron chi connectivity index (χ2n) is 2.47. The monoisotopic (exact) mass is 174 g/mol. The number of amides is 1. The predicted molar refractivity (Wildman–Crippen MR) is 43.5 cm³/mol. The number of aliphatic carboxylic acids is 1. The Bertz CT molecular complexity index is 170. The molecule has 1 atom stereocenters. The first-order valence-corrected chi connectivity index (χ1v) is 3.82. The van der Waals surface area contributed by atoms with E-state index in [1.165, 1.54) is 0 Å². The SMILES string of the molecule is CCC(NCCC(N)=O)C(=O)O. The first-order valence-electron chi connectivity index (χ1n) is 3.82. The average molecular weight is 174 g/mol. The van der Waals surface area contributed by atoms with E-state index in [0.717, 1.165) is 0 Å². The van der Waals surface area contributed by atoms with Crippen LogP contribution in [0.4, 0.5) is 0 Å². The minimum absolute atomic E-state index is 0.170. The summed E-state index contributed by atoms with van der Waals surface area (Å²) in [5.41, 5.74) is 4.87.